The molecule has 2 aromatic rings. The topological polar surface area (TPSA) is 60.9 Å². The number of ether oxygens (including phenoxy) is 3. The van der Waals surface area contributed by atoms with E-state index in [1.54, 1.807) is 6.07 Å². The van der Waals surface area contributed by atoms with Gasteiger partial charge in [0.2, 0.25) is 5.88 Å². The number of amides is 1. The standard InChI is InChI=1S/C25H31ClN2O4/c1-3-30-20-15-22(18-8-6-5-7-9-18)32-25(16-20)10-12-28(13-11-25)24(29)21-14-19(26)17-27-23(21)31-4-2/h5-9,14,17,20,22H,3-4,10-13,15-16H2,1-2H3. The van der Waals surface area contributed by atoms with Gasteiger partial charge in [0, 0.05) is 38.7 Å². The van der Waals surface area contributed by atoms with Crippen LogP contribution < -0.4 is 4.74 Å². The Kier molecular flexibility index (Phi) is 7.33. The maximum absolute atomic E-state index is 13.3. The van der Waals surface area contributed by atoms with Crippen LogP contribution in [0.25, 0.3) is 0 Å². The molecule has 0 aliphatic carbocycles. The zero-order valence-electron chi connectivity index (χ0n) is 18.8. The number of piperidine rings is 1. The van der Waals surface area contributed by atoms with Gasteiger partial charge in [-0.15, -0.1) is 0 Å². The Hall–Kier alpha value is -2.15. The third-order valence-corrected chi connectivity index (χ3v) is 6.54. The third-order valence-electron chi connectivity index (χ3n) is 6.33. The Labute approximate surface area is 194 Å². The smallest absolute Gasteiger partial charge is 0.259 e. The molecule has 0 radical (unpaired) electrons. The SMILES string of the molecule is CCOc1ncc(Cl)cc1C(=O)N1CCC2(CC1)CC(OCC)CC(c1ccccc1)O2. The lowest BCUT2D eigenvalue weighted by molar-refractivity contribution is -0.190. The van der Waals surface area contributed by atoms with Crippen LogP contribution in [0, 0.1) is 0 Å². The predicted octanol–water partition coefficient (Wildman–Crippen LogP) is 5.07. The minimum Gasteiger partial charge on any atom is -0.477 e. The molecule has 2 atom stereocenters. The van der Waals surface area contributed by atoms with Crippen LogP contribution in [0.3, 0.4) is 0 Å². The van der Waals surface area contributed by atoms with Crippen molar-refractivity contribution in [1.29, 1.82) is 0 Å². The Morgan fingerprint density at radius 2 is 1.97 bits per heavy atom. The molecule has 2 unspecified atom stereocenters. The minimum atomic E-state index is -0.287. The van der Waals surface area contributed by atoms with Crippen molar-refractivity contribution in [3.05, 3.63) is 58.7 Å². The van der Waals surface area contributed by atoms with Crippen LogP contribution >= 0.6 is 11.6 Å². The number of carbonyl (C=O) groups excluding carboxylic acids is 1. The summed E-state index contributed by atoms with van der Waals surface area (Å²) in [6.45, 7) is 6.25. The van der Waals surface area contributed by atoms with Crippen molar-refractivity contribution in [1.82, 2.24) is 9.88 Å². The number of halogens is 1. The molecule has 2 saturated heterocycles. The number of pyridine rings is 1. The van der Waals surface area contributed by atoms with E-state index in [1.165, 1.54) is 11.8 Å². The average Bonchev–Trinajstić information content (AvgIpc) is 2.81. The van der Waals surface area contributed by atoms with Crippen molar-refractivity contribution in [2.45, 2.75) is 57.3 Å². The molecule has 1 amide bonds. The molecule has 1 spiro atoms. The fraction of sp³-hybridized carbons (Fsp3) is 0.520. The van der Waals surface area contributed by atoms with Crippen molar-refractivity contribution in [3.8, 4) is 5.88 Å². The molecule has 7 heteroatoms. The van der Waals surface area contributed by atoms with E-state index >= 15 is 0 Å². The van der Waals surface area contributed by atoms with E-state index in [9.17, 15) is 4.79 Å². The molecule has 32 heavy (non-hydrogen) atoms. The maximum atomic E-state index is 13.3. The van der Waals surface area contributed by atoms with Gasteiger partial charge in [-0.05, 0) is 38.3 Å². The van der Waals surface area contributed by atoms with Gasteiger partial charge in [0.15, 0.2) is 0 Å². The number of aromatic nitrogens is 1. The van der Waals surface area contributed by atoms with Gasteiger partial charge in [0.25, 0.3) is 5.91 Å². The number of likely N-dealkylation sites (tertiary alicyclic amines) is 1. The van der Waals surface area contributed by atoms with Gasteiger partial charge in [0.1, 0.15) is 5.56 Å². The second-order valence-electron chi connectivity index (χ2n) is 8.45. The second-order valence-corrected chi connectivity index (χ2v) is 8.89. The van der Waals surface area contributed by atoms with Gasteiger partial charge < -0.3 is 19.1 Å². The molecule has 1 aromatic carbocycles. The average molecular weight is 459 g/mol. The number of hydrogen-bond acceptors (Lipinski definition) is 5. The fourth-order valence-electron chi connectivity index (χ4n) is 4.81. The zero-order valence-corrected chi connectivity index (χ0v) is 19.5. The lowest BCUT2D eigenvalue weighted by Gasteiger charge is -2.48. The number of hydrogen-bond donors (Lipinski definition) is 0. The highest BCUT2D eigenvalue weighted by atomic mass is 35.5. The summed E-state index contributed by atoms with van der Waals surface area (Å²) in [7, 11) is 0. The van der Waals surface area contributed by atoms with Crippen LogP contribution in [0.2, 0.25) is 5.02 Å². The summed E-state index contributed by atoms with van der Waals surface area (Å²) in [6.07, 6.45) is 4.91. The first kappa shape index (κ1) is 23.0. The van der Waals surface area contributed by atoms with Crippen LogP contribution in [-0.4, -0.2) is 53.8 Å². The van der Waals surface area contributed by atoms with Crippen LogP contribution in [0.5, 0.6) is 5.88 Å². The van der Waals surface area contributed by atoms with Crippen molar-refractivity contribution in [2.75, 3.05) is 26.3 Å². The van der Waals surface area contributed by atoms with Crippen LogP contribution in [0.15, 0.2) is 42.6 Å². The van der Waals surface area contributed by atoms with Crippen molar-refractivity contribution in [2.24, 2.45) is 0 Å². The van der Waals surface area contributed by atoms with Gasteiger partial charge >= 0.3 is 0 Å². The molecular weight excluding hydrogens is 428 g/mol. The lowest BCUT2D eigenvalue weighted by atomic mass is 9.80. The van der Waals surface area contributed by atoms with E-state index in [4.69, 9.17) is 25.8 Å². The summed E-state index contributed by atoms with van der Waals surface area (Å²) in [4.78, 5) is 19.3. The molecular formula is C25H31ClN2O4. The molecule has 2 aliphatic heterocycles. The highest BCUT2D eigenvalue weighted by Gasteiger charge is 2.45. The molecule has 2 aliphatic rings. The summed E-state index contributed by atoms with van der Waals surface area (Å²) in [5.74, 6) is 0.228. The molecule has 0 N–H and O–H groups in total. The summed E-state index contributed by atoms with van der Waals surface area (Å²) in [5.41, 5.74) is 1.31. The highest BCUT2D eigenvalue weighted by Crippen LogP contribution is 2.44. The van der Waals surface area contributed by atoms with Crippen LogP contribution in [0.1, 0.15) is 61.6 Å². The Balaban J connectivity index is 1.49. The van der Waals surface area contributed by atoms with Gasteiger partial charge in [0.05, 0.1) is 29.4 Å². The van der Waals surface area contributed by atoms with Crippen molar-refractivity contribution in [3.63, 3.8) is 0 Å². The largest absolute Gasteiger partial charge is 0.477 e. The molecule has 6 nitrogen and oxygen atoms in total. The first-order chi connectivity index (χ1) is 15.5. The van der Waals surface area contributed by atoms with E-state index in [2.05, 4.69) is 17.1 Å². The van der Waals surface area contributed by atoms with Crippen LogP contribution in [0.4, 0.5) is 0 Å². The maximum Gasteiger partial charge on any atom is 0.259 e. The Bertz CT molecular complexity index is 915. The monoisotopic (exact) mass is 458 g/mol. The van der Waals surface area contributed by atoms with Crippen LogP contribution in [-0.2, 0) is 9.47 Å². The molecule has 4 rings (SSSR count). The fourth-order valence-corrected chi connectivity index (χ4v) is 4.97. The van der Waals surface area contributed by atoms with E-state index in [0.717, 1.165) is 25.7 Å². The van der Waals surface area contributed by atoms with Gasteiger partial charge in [-0.1, -0.05) is 41.9 Å². The molecule has 3 heterocycles. The number of benzene rings is 1. The number of carbonyl (C=O) groups is 1. The highest BCUT2D eigenvalue weighted by molar-refractivity contribution is 6.30. The van der Waals surface area contributed by atoms with E-state index < -0.39 is 0 Å². The van der Waals surface area contributed by atoms with E-state index in [0.29, 0.717) is 42.8 Å². The van der Waals surface area contributed by atoms with Gasteiger partial charge in [-0.2, -0.15) is 0 Å². The molecule has 172 valence electrons. The molecule has 1 aromatic heterocycles. The summed E-state index contributed by atoms with van der Waals surface area (Å²) < 4.78 is 18.3. The molecule has 0 bridgehead atoms. The van der Waals surface area contributed by atoms with Gasteiger partial charge in [-0.25, -0.2) is 4.98 Å². The normalized spacial score (nSPS) is 22.7. The van der Waals surface area contributed by atoms with Crippen molar-refractivity contribution < 1.29 is 19.0 Å². The predicted molar refractivity (Wildman–Crippen MR) is 123 cm³/mol. The number of nitrogens with zero attached hydrogens (tertiary/aromatic N) is 2. The van der Waals surface area contributed by atoms with E-state index in [1.807, 2.05) is 36.9 Å². The Morgan fingerprint density at radius 1 is 1.22 bits per heavy atom. The number of rotatable bonds is 6. The Morgan fingerprint density at radius 3 is 2.66 bits per heavy atom. The first-order valence-corrected chi connectivity index (χ1v) is 11.8. The zero-order chi connectivity index (χ0) is 22.6. The van der Waals surface area contributed by atoms with Crippen molar-refractivity contribution >= 4 is 17.5 Å². The molecule has 0 saturated carbocycles. The van der Waals surface area contributed by atoms with E-state index in [-0.39, 0.29) is 23.7 Å². The lowest BCUT2D eigenvalue weighted by Crippen LogP contribution is -2.52. The first-order valence-electron chi connectivity index (χ1n) is 11.5. The van der Waals surface area contributed by atoms with Gasteiger partial charge in [-0.3, -0.25) is 4.79 Å². The molecule has 2 fully saturated rings. The summed E-state index contributed by atoms with van der Waals surface area (Å²) >= 11 is 6.11. The quantitative estimate of drug-likeness (QED) is 0.605. The minimum absolute atomic E-state index is 0.00504. The second kappa shape index (κ2) is 10.2. The summed E-state index contributed by atoms with van der Waals surface area (Å²) in [5, 5.41) is 0.422. The third kappa shape index (κ3) is 5.08. The summed E-state index contributed by atoms with van der Waals surface area (Å²) in [6, 6.07) is 12.0.